The normalized spacial score (nSPS) is 12.8. The molecule has 0 aliphatic carbocycles. The van der Waals surface area contributed by atoms with Crippen LogP contribution in [0.5, 0.6) is 5.75 Å². The molecule has 0 aliphatic heterocycles. The largest absolute Gasteiger partial charge is 0.495 e. The predicted molar refractivity (Wildman–Crippen MR) is 89.2 cm³/mol. The van der Waals surface area contributed by atoms with Crippen molar-refractivity contribution < 1.29 is 18.3 Å². The highest BCUT2D eigenvalue weighted by atomic mass is 35.5. The lowest BCUT2D eigenvalue weighted by molar-refractivity contribution is 0.169. The van der Waals surface area contributed by atoms with Gasteiger partial charge in [-0.3, -0.25) is 0 Å². The van der Waals surface area contributed by atoms with Gasteiger partial charge in [-0.2, -0.15) is 0 Å². The summed E-state index contributed by atoms with van der Waals surface area (Å²) in [7, 11) is -2.38. The van der Waals surface area contributed by atoms with E-state index in [1.807, 2.05) is 18.2 Å². The second-order valence-electron chi connectivity index (χ2n) is 4.91. The summed E-state index contributed by atoms with van der Waals surface area (Å²) in [5.74, 6) is 0.213. The lowest BCUT2D eigenvalue weighted by Crippen LogP contribution is -2.26. The van der Waals surface area contributed by atoms with Crippen LogP contribution >= 0.6 is 11.6 Å². The molecule has 0 bridgehead atoms. The SMILES string of the molecule is COc1ccc(Cl)cc1S(=O)(=O)NCCC(O)c1ccccc1. The highest BCUT2D eigenvalue weighted by molar-refractivity contribution is 7.89. The molecule has 1 unspecified atom stereocenters. The average Bonchev–Trinajstić information content (AvgIpc) is 2.55. The molecule has 0 heterocycles. The molecule has 0 amide bonds. The molecule has 124 valence electrons. The molecule has 2 aromatic carbocycles. The van der Waals surface area contributed by atoms with Crippen LogP contribution in [0.4, 0.5) is 0 Å². The summed E-state index contributed by atoms with van der Waals surface area (Å²) in [6, 6.07) is 13.5. The Bertz CT molecular complexity index is 750. The fourth-order valence-corrected chi connectivity index (χ4v) is 3.59. The Labute approximate surface area is 140 Å². The minimum atomic E-state index is -3.77. The van der Waals surface area contributed by atoms with Crippen molar-refractivity contribution in [3.05, 3.63) is 59.1 Å². The summed E-state index contributed by atoms with van der Waals surface area (Å²) in [6.07, 6.45) is -0.480. The second-order valence-corrected chi connectivity index (χ2v) is 7.08. The number of benzene rings is 2. The van der Waals surface area contributed by atoms with Crippen molar-refractivity contribution >= 4 is 21.6 Å². The summed E-state index contributed by atoms with van der Waals surface area (Å²) in [5, 5.41) is 10.4. The smallest absolute Gasteiger partial charge is 0.244 e. The first-order valence-corrected chi connectivity index (χ1v) is 8.86. The molecule has 0 radical (unpaired) electrons. The van der Waals surface area contributed by atoms with Crippen molar-refractivity contribution in [1.29, 1.82) is 0 Å². The van der Waals surface area contributed by atoms with Crippen LogP contribution in [0.3, 0.4) is 0 Å². The van der Waals surface area contributed by atoms with E-state index in [-0.39, 0.29) is 23.6 Å². The van der Waals surface area contributed by atoms with E-state index in [2.05, 4.69) is 4.72 Å². The van der Waals surface area contributed by atoms with Crippen LogP contribution < -0.4 is 9.46 Å². The van der Waals surface area contributed by atoms with Gasteiger partial charge in [0.15, 0.2) is 0 Å². The minimum absolute atomic E-state index is 0.0262. The Balaban J connectivity index is 2.04. The van der Waals surface area contributed by atoms with Crippen LogP contribution in [0.15, 0.2) is 53.4 Å². The van der Waals surface area contributed by atoms with Gasteiger partial charge in [-0.25, -0.2) is 13.1 Å². The zero-order valence-electron chi connectivity index (χ0n) is 12.6. The zero-order chi connectivity index (χ0) is 16.9. The number of aliphatic hydroxyl groups is 1. The van der Waals surface area contributed by atoms with Crippen LogP contribution in [-0.4, -0.2) is 27.2 Å². The van der Waals surface area contributed by atoms with E-state index in [4.69, 9.17) is 16.3 Å². The number of sulfonamides is 1. The molecule has 0 spiro atoms. The van der Waals surface area contributed by atoms with E-state index in [1.165, 1.54) is 19.2 Å². The number of aliphatic hydroxyl groups excluding tert-OH is 1. The summed E-state index contributed by atoms with van der Waals surface area (Å²) in [5.41, 5.74) is 0.743. The molecule has 0 saturated heterocycles. The lowest BCUT2D eigenvalue weighted by atomic mass is 10.1. The third kappa shape index (κ3) is 4.68. The first-order chi connectivity index (χ1) is 10.9. The lowest BCUT2D eigenvalue weighted by Gasteiger charge is -2.13. The Morgan fingerprint density at radius 1 is 1.22 bits per heavy atom. The van der Waals surface area contributed by atoms with Crippen LogP contribution in [0, 0.1) is 0 Å². The van der Waals surface area contributed by atoms with Crippen LogP contribution in [0.2, 0.25) is 5.02 Å². The van der Waals surface area contributed by atoms with Crippen molar-refractivity contribution in [2.45, 2.75) is 17.4 Å². The van der Waals surface area contributed by atoms with Gasteiger partial charge in [0.2, 0.25) is 10.0 Å². The van der Waals surface area contributed by atoms with E-state index < -0.39 is 16.1 Å². The highest BCUT2D eigenvalue weighted by Crippen LogP contribution is 2.27. The van der Waals surface area contributed by atoms with Gasteiger partial charge in [-0.1, -0.05) is 41.9 Å². The van der Waals surface area contributed by atoms with E-state index in [1.54, 1.807) is 18.2 Å². The van der Waals surface area contributed by atoms with Gasteiger partial charge in [0, 0.05) is 11.6 Å². The molecule has 0 aromatic heterocycles. The van der Waals surface area contributed by atoms with E-state index >= 15 is 0 Å². The second kappa shape index (κ2) is 7.79. The fourth-order valence-electron chi connectivity index (χ4n) is 2.11. The van der Waals surface area contributed by atoms with Crippen molar-refractivity contribution in [3.8, 4) is 5.75 Å². The molecule has 2 rings (SSSR count). The highest BCUT2D eigenvalue weighted by Gasteiger charge is 2.20. The molecular weight excluding hydrogens is 338 g/mol. The van der Waals surface area contributed by atoms with Crippen LogP contribution in [0.25, 0.3) is 0 Å². The molecule has 1 atom stereocenters. The number of methoxy groups -OCH3 is 1. The Kier molecular flexibility index (Phi) is 6.01. The number of ether oxygens (including phenoxy) is 1. The number of nitrogens with one attached hydrogen (secondary N) is 1. The average molecular weight is 356 g/mol. The molecule has 2 N–H and O–H groups in total. The van der Waals surface area contributed by atoms with Gasteiger partial charge in [0.05, 0.1) is 13.2 Å². The monoisotopic (exact) mass is 355 g/mol. The van der Waals surface area contributed by atoms with Gasteiger partial charge in [0.1, 0.15) is 10.6 Å². The van der Waals surface area contributed by atoms with Gasteiger partial charge in [-0.05, 0) is 30.2 Å². The van der Waals surface area contributed by atoms with Gasteiger partial charge < -0.3 is 9.84 Å². The maximum atomic E-state index is 12.4. The number of halogens is 1. The first-order valence-electron chi connectivity index (χ1n) is 7.00. The Morgan fingerprint density at radius 2 is 1.91 bits per heavy atom. The van der Waals surface area contributed by atoms with Gasteiger partial charge >= 0.3 is 0 Å². The minimum Gasteiger partial charge on any atom is -0.495 e. The molecule has 7 heteroatoms. The zero-order valence-corrected chi connectivity index (χ0v) is 14.1. The number of rotatable bonds is 7. The molecule has 0 saturated carbocycles. The third-order valence-electron chi connectivity index (χ3n) is 3.31. The van der Waals surface area contributed by atoms with Crippen LogP contribution in [0.1, 0.15) is 18.1 Å². The summed E-state index contributed by atoms with van der Waals surface area (Å²) >= 11 is 5.86. The molecular formula is C16H18ClNO4S. The number of hydrogen-bond acceptors (Lipinski definition) is 4. The molecule has 2 aromatic rings. The first kappa shape index (κ1) is 17.7. The van der Waals surface area contributed by atoms with Crippen molar-refractivity contribution in [2.24, 2.45) is 0 Å². The molecule has 5 nitrogen and oxygen atoms in total. The van der Waals surface area contributed by atoms with Crippen molar-refractivity contribution in [2.75, 3.05) is 13.7 Å². The summed E-state index contributed by atoms with van der Waals surface area (Å²) in [6.45, 7) is 0.0913. The van der Waals surface area contributed by atoms with Crippen molar-refractivity contribution in [3.63, 3.8) is 0 Å². The van der Waals surface area contributed by atoms with E-state index in [0.29, 0.717) is 5.02 Å². The van der Waals surface area contributed by atoms with E-state index in [0.717, 1.165) is 5.56 Å². The third-order valence-corrected chi connectivity index (χ3v) is 5.03. The van der Waals surface area contributed by atoms with Crippen molar-refractivity contribution in [1.82, 2.24) is 4.72 Å². The predicted octanol–water partition coefficient (Wildman–Crippen LogP) is 2.75. The topological polar surface area (TPSA) is 75.6 Å². The quantitative estimate of drug-likeness (QED) is 0.800. The maximum Gasteiger partial charge on any atom is 0.244 e. The van der Waals surface area contributed by atoms with E-state index in [9.17, 15) is 13.5 Å². The fraction of sp³-hybridized carbons (Fsp3) is 0.250. The molecule has 23 heavy (non-hydrogen) atoms. The van der Waals surface area contributed by atoms with Crippen LogP contribution in [-0.2, 0) is 10.0 Å². The Hall–Kier alpha value is -1.60. The summed E-state index contributed by atoms with van der Waals surface area (Å²) in [4.78, 5) is -0.0262. The summed E-state index contributed by atoms with van der Waals surface area (Å²) < 4.78 is 32.2. The Morgan fingerprint density at radius 3 is 2.57 bits per heavy atom. The maximum absolute atomic E-state index is 12.4. The molecule has 0 fully saturated rings. The molecule has 0 aliphatic rings. The van der Waals surface area contributed by atoms with Gasteiger partial charge in [0.25, 0.3) is 0 Å². The standard InChI is InChI=1S/C16H18ClNO4S/c1-22-15-8-7-13(17)11-16(15)23(20,21)18-10-9-14(19)12-5-3-2-4-6-12/h2-8,11,14,18-19H,9-10H2,1H3. The van der Waals surface area contributed by atoms with Gasteiger partial charge in [-0.15, -0.1) is 0 Å². The number of hydrogen-bond donors (Lipinski definition) is 2.